The summed E-state index contributed by atoms with van der Waals surface area (Å²) in [5, 5.41) is 0. The lowest BCUT2D eigenvalue weighted by molar-refractivity contribution is 0.548. The fraction of sp³-hybridized carbons (Fsp3) is 0.833. The third kappa shape index (κ3) is 22.7. The first kappa shape index (κ1) is 35.9. The lowest BCUT2D eigenvalue weighted by atomic mass is 10.1. The highest BCUT2D eigenvalue weighted by Crippen LogP contribution is 2.29. The highest BCUT2D eigenvalue weighted by molar-refractivity contribution is 8.00. The minimum atomic E-state index is 1.15. The number of hydrogen-bond donors (Lipinski definition) is 0. The summed E-state index contributed by atoms with van der Waals surface area (Å²) in [7, 11) is 0. The molecule has 0 atom stereocenters. The monoisotopic (exact) mass is 562 g/mol. The molecule has 0 heterocycles. The molecule has 0 aliphatic heterocycles. The van der Waals surface area contributed by atoms with E-state index in [1.165, 1.54) is 181 Å². The van der Waals surface area contributed by atoms with Crippen molar-refractivity contribution in [1.29, 1.82) is 0 Å². The van der Waals surface area contributed by atoms with Crippen LogP contribution in [0.4, 0.5) is 0 Å². The molecule has 1 aromatic carbocycles. The Morgan fingerprint density at radius 3 is 0.947 bits per heavy atom. The van der Waals surface area contributed by atoms with Crippen LogP contribution >= 0.6 is 23.5 Å². The van der Waals surface area contributed by atoms with Gasteiger partial charge in [0.1, 0.15) is 0 Å². The molecule has 0 spiro atoms. The SMILES string of the molecule is CCCCCCCCCCCCCCSc1cc(CC)cc(SCCCCCCCCCCCCCC)c1. The molecule has 0 aliphatic rings. The first-order valence-electron chi connectivity index (χ1n) is 17.2. The molecule has 0 saturated carbocycles. The smallest absolute Gasteiger partial charge is 0.00858 e. The molecular weight excluding hydrogens is 497 g/mol. The molecule has 0 bridgehead atoms. The summed E-state index contributed by atoms with van der Waals surface area (Å²) in [5.74, 6) is 2.57. The van der Waals surface area contributed by atoms with Gasteiger partial charge in [0.25, 0.3) is 0 Å². The van der Waals surface area contributed by atoms with Crippen LogP contribution in [0.2, 0.25) is 0 Å². The van der Waals surface area contributed by atoms with E-state index in [4.69, 9.17) is 0 Å². The van der Waals surface area contributed by atoms with E-state index in [0.29, 0.717) is 0 Å². The van der Waals surface area contributed by atoms with Crippen LogP contribution in [-0.2, 0) is 6.42 Å². The van der Waals surface area contributed by atoms with Gasteiger partial charge in [0.05, 0.1) is 0 Å². The minimum Gasteiger partial charge on any atom is -0.126 e. The van der Waals surface area contributed by atoms with E-state index in [9.17, 15) is 0 Å². The third-order valence-electron chi connectivity index (χ3n) is 7.88. The standard InChI is InChI=1S/C36H66S2/c1-4-7-9-11-13-15-17-19-21-23-25-27-29-37-35-31-34(6-3)32-36(33-35)38-30-28-26-24-22-20-18-16-14-12-10-8-5-2/h31-33H,4-30H2,1-3H3. The van der Waals surface area contributed by atoms with E-state index in [1.807, 2.05) is 0 Å². The molecular formula is C36H66S2. The lowest BCUT2D eigenvalue weighted by Gasteiger charge is -2.09. The molecule has 0 unspecified atom stereocenters. The van der Waals surface area contributed by atoms with Gasteiger partial charge in [-0.1, -0.05) is 162 Å². The molecule has 0 nitrogen and oxygen atoms in total. The molecule has 38 heavy (non-hydrogen) atoms. The zero-order valence-electron chi connectivity index (χ0n) is 26.1. The topological polar surface area (TPSA) is 0 Å². The van der Waals surface area contributed by atoms with Crippen molar-refractivity contribution in [3.05, 3.63) is 23.8 Å². The number of hydrogen-bond acceptors (Lipinski definition) is 2. The van der Waals surface area contributed by atoms with E-state index in [2.05, 4.69) is 62.5 Å². The van der Waals surface area contributed by atoms with Crippen LogP contribution in [0.5, 0.6) is 0 Å². The maximum absolute atomic E-state index is 2.47. The van der Waals surface area contributed by atoms with Gasteiger partial charge in [0, 0.05) is 9.79 Å². The zero-order chi connectivity index (χ0) is 27.4. The second-order valence-corrected chi connectivity index (χ2v) is 14.0. The van der Waals surface area contributed by atoms with Gasteiger partial charge in [-0.05, 0) is 54.5 Å². The van der Waals surface area contributed by atoms with Crippen LogP contribution in [0.15, 0.2) is 28.0 Å². The van der Waals surface area contributed by atoms with Gasteiger partial charge >= 0.3 is 0 Å². The number of aryl methyl sites for hydroxylation is 1. The molecule has 1 rings (SSSR count). The molecule has 0 N–H and O–H groups in total. The molecule has 0 amide bonds. The Bertz CT molecular complexity index is 563. The van der Waals surface area contributed by atoms with E-state index in [-0.39, 0.29) is 0 Å². The molecule has 222 valence electrons. The van der Waals surface area contributed by atoms with Gasteiger partial charge in [-0.3, -0.25) is 0 Å². The second kappa shape index (κ2) is 28.4. The first-order chi connectivity index (χ1) is 18.8. The van der Waals surface area contributed by atoms with Crippen molar-refractivity contribution < 1.29 is 0 Å². The van der Waals surface area contributed by atoms with E-state index in [1.54, 1.807) is 0 Å². The molecule has 0 fully saturated rings. The Hall–Kier alpha value is -0.0800. The van der Waals surface area contributed by atoms with Gasteiger partial charge in [-0.15, -0.1) is 23.5 Å². The van der Waals surface area contributed by atoms with Crippen LogP contribution in [0.3, 0.4) is 0 Å². The Morgan fingerprint density at radius 2 is 0.658 bits per heavy atom. The highest BCUT2D eigenvalue weighted by atomic mass is 32.2. The maximum atomic E-state index is 2.47. The molecule has 0 saturated heterocycles. The van der Waals surface area contributed by atoms with Gasteiger partial charge in [0.15, 0.2) is 0 Å². The summed E-state index contributed by atoms with van der Waals surface area (Å²) in [4.78, 5) is 3.01. The molecule has 1 aromatic rings. The Labute approximate surface area is 249 Å². The Morgan fingerprint density at radius 1 is 0.368 bits per heavy atom. The van der Waals surface area contributed by atoms with Crippen LogP contribution in [-0.4, -0.2) is 11.5 Å². The van der Waals surface area contributed by atoms with Crippen LogP contribution in [0.25, 0.3) is 0 Å². The van der Waals surface area contributed by atoms with Crippen LogP contribution < -0.4 is 0 Å². The Kier molecular flexibility index (Phi) is 26.9. The normalized spacial score (nSPS) is 11.4. The van der Waals surface area contributed by atoms with Crippen molar-refractivity contribution in [2.75, 3.05) is 11.5 Å². The van der Waals surface area contributed by atoms with Crippen molar-refractivity contribution in [3.8, 4) is 0 Å². The van der Waals surface area contributed by atoms with Gasteiger partial charge in [0.2, 0.25) is 0 Å². The minimum absolute atomic E-state index is 1.15. The molecule has 0 radical (unpaired) electrons. The summed E-state index contributed by atoms with van der Waals surface area (Å²) in [5.41, 5.74) is 1.52. The predicted molar refractivity (Wildman–Crippen MR) is 179 cm³/mol. The molecule has 0 aromatic heterocycles. The summed E-state index contributed by atoms with van der Waals surface area (Å²) in [6, 6.07) is 7.35. The van der Waals surface area contributed by atoms with E-state index < -0.39 is 0 Å². The largest absolute Gasteiger partial charge is 0.126 e. The van der Waals surface area contributed by atoms with Gasteiger partial charge in [-0.2, -0.15) is 0 Å². The van der Waals surface area contributed by atoms with E-state index in [0.717, 1.165) is 6.42 Å². The summed E-state index contributed by atoms with van der Waals surface area (Å²) in [6.07, 6.45) is 35.6. The lowest BCUT2D eigenvalue weighted by Crippen LogP contribution is -1.88. The fourth-order valence-electron chi connectivity index (χ4n) is 5.27. The van der Waals surface area contributed by atoms with Crippen molar-refractivity contribution in [1.82, 2.24) is 0 Å². The van der Waals surface area contributed by atoms with Gasteiger partial charge in [-0.25, -0.2) is 0 Å². The zero-order valence-corrected chi connectivity index (χ0v) is 27.8. The first-order valence-corrected chi connectivity index (χ1v) is 19.2. The van der Waals surface area contributed by atoms with Crippen molar-refractivity contribution in [2.45, 2.75) is 191 Å². The summed E-state index contributed by atoms with van der Waals surface area (Å²) in [6.45, 7) is 6.91. The molecule has 0 aliphatic carbocycles. The summed E-state index contributed by atoms with van der Waals surface area (Å²) < 4.78 is 0. The van der Waals surface area contributed by atoms with Crippen molar-refractivity contribution in [3.63, 3.8) is 0 Å². The maximum Gasteiger partial charge on any atom is 0.00858 e. The highest BCUT2D eigenvalue weighted by Gasteiger charge is 2.03. The fourth-order valence-corrected chi connectivity index (χ4v) is 7.40. The second-order valence-electron chi connectivity index (χ2n) is 11.6. The number of thioether (sulfide) groups is 2. The van der Waals surface area contributed by atoms with Crippen LogP contribution in [0.1, 0.15) is 180 Å². The Balaban J connectivity index is 2.03. The van der Waals surface area contributed by atoms with Crippen molar-refractivity contribution in [2.24, 2.45) is 0 Å². The average molecular weight is 563 g/mol. The third-order valence-corrected chi connectivity index (χ3v) is 10.0. The predicted octanol–water partition coefficient (Wildman–Crippen LogP) is 13.8. The summed E-state index contributed by atoms with van der Waals surface area (Å²) >= 11 is 4.19. The van der Waals surface area contributed by atoms with Crippen LogP contribution in [0, 0.1) is 0 Å². The van der Waals surface area contributed by atoms with Crippen molar-refractivity contribution >= 4 is 23.5 Å². The average Bonchev–Trinajstić information content (AvgIpc) is 2.93. The number of rotatable bonds is 29. The molecule has 2 heteroatoms. The number of unbranched alkanes of at least 4 members (excludes halogenated alkanes) is 22. The van der Waals surface area contributed by atoms with Gasteiger partial charge < -0.3 is 0 Å². The quantitative estimate of drug-likeness (QED) is 0.0703. The van der Waals surface area contributed by atoms with E-state index >= 15 is 0 Å². The number of benzene rings is 1.